The molecular weight excluding hydrogens is 426 g/mol. The van der Waals surface area contributed by atoms with Crippen molar-refractivity contribution in [2.45, 2.75) is 0 Å². The Hall–Kier alpha value is -2.45. The number of hydrogen-bond donors (Lipinski definition) is 1. The summed E-state index contributed by atoms with van der Waals surface area (Å²) in [5.74, 6) is 1.01. The summed E-state index contributed by atoms with van der Waals surface area (Å²) in [6.07, 6.45) is 1.62. The van der Waals surface area contributed by atoms with E-state index in [1.807, 2.05) is 34.5 Å². The molecule has 6 nitrogen and oxygen atoms in total. The standard InChI is InChI=1S/C19H16BrN5OS/c20-13-2-1-12-9-16(23-15(12)10-13)19(26)25-6-4-24(5-7-25)17-14-3-8-27-18(14)22-11-21-17/h1-3,8-11,23H,4-7H2. The van der Waals surface area contributed by atoms with Crippen LogP contribution in [0.5, 0.6) is 0 Å². The Morgan fingerprint density at radius 1 is 1.11 bits per heavy atom. The van der Waals surface area contributed by atoms with E-state index in [1.165, 1.54) is 0 Å². The van der Waals surface area contributed by atoms with E-state index in [4.69, 9.17) is 0 Å². The molecule has 1 aromatic carbocycles. The van der Waals surface area contributed by atoms with Crippen LogP contribution in [0.4, 0.5) is 5.82 Å². The quantitative estimate of drug-likeness (QED) is 0.512. The second-order valence-corrected chi connectivity index (χ2v) is 8.34. The fourth-order valence-corrected chi connectivity index (χ4v) is 4.62. The summed E-state index contributed by atoms with van der Waals surface area (Å²) in [6, 6.07) is 9.97. The number of aromatic nitrogens is 3. The van der Waals surface area contributed by atoms with Crippen molar-refractivity contribution in [2.24, 2.45) is 0 Å². The maximum absolute atomic E-state index is 12.9. The van der Waals surface area contributed by atoms with Crippen LogP contribution in [-0.4, -0.2) is 51.9 Å². The molecule has 0 bridgehead atoms. The summed E-state index contributed by atoms with van der Waals surface area (Å²) in [5.41, 5.74) is 1.60. The number of fused-ring (bicyclic) bond motifs is 2. The van der Waals surface area contributed by atoms with Gasteiger partial charge in [-0.3, -0.25) is 4.79 Å². The number of H-pyrrole nitrogens is 1. The Morgan fingerprint density at radius 3 is 2.81 bits per heavy atom. The smallest absolute Gasteiger partial charge is 0.270 e. The first-order valence-corrected chi connectivity index (χ1v) is 10.4. The van der Waals surface area contributed by atoms with Gasteiger partial charge < -0.3 is 14.8 Å². The lowest BCUT2D eigenvalue weighted by molar-refractivity contribution is 0.0741. The molecule has 0 unspecified atom stereocenters. The van der Waals surface area contributed by atoms with Crippen molar-refractivity contribution in [2.75, 3.05) is 31.1 Å². The Labute approximate surface area is 168 Å². The molecule has 0 atom stereocenters. The number of thiophene rings is 1. The highest BCUT2D eigenvalue weighted by Gasteiger charge is 2.25. The number of halogens is 1. The Bertz CT molecular complexity index is 1150. The molecular formula is C19H16BrN5OS. The van der Waals surface area contributed by atoms with Gasteiger partial charge in [-0.2, -0.15) is 0 Å². The van der Waals surface area contributed by atoms with E-state index in [9.17, 15) is 4.79 Å². The predicted molar refractivity (Wildman–Crippen MR) is 112 cm³/mol. The fourth-order valence-electron chi connectivity index (χ4n) is 3.54. The maximum atomic E-state index is 12.9. The lowest BCUT2D eigenvalue weighted by Gasteiger charge is -2.35. The van der Waals surface area contributed by atoms with Crippen LogP contribution in [0.25, 0.3) is 21.1 Å². The van der Waals surface area contributed by atoms with E-state index in [-0.39, 0.29) is 5.91 Å². The minimum Gasteiger partial charge on any atom is -0.352 e. The van der Waals surface area contributed by atoms with Gasteiger partial charge in [0.2, 0.25) is 0 Å². The molecule has 3 aromatic heterocycles. The average molecular weight is 442 g/mol. The molecule has 1 amide bonds. The maximum Gasteiger partial charge on any atom is 0.270 e. The first-order chi connectivity index (χ1) is 13.2. The van der Waals surface area contributed by atoms with Crippen LogP contribution in [0.1, 0.15) is 10.5 Å². The number of hydrogen-bond acceptors (Lipinski definition) is 5. The van der Waals surface area contributed by atoms with E-state index in [1.54, 1.807) is 17.7 Å². The molecule has 1 fully saturated rings. The molecule has 0 aliphatic carbocycles. The highest BCUT2D eigenvalue weighted by atomic mass is 79.9. The van der Waals surface area contributed by atoms with Crippen LogP contribution in [0.3, 0.4) is 0 Å². The number of carbonyl (C=O) groups is 1. The fraction of sp³-hybridized carbons (Fsp3) is 0.211. The van der Waals surface area contributed by atoms with Crippen molar-refractivity contribution in [1.29, 1.82) is 0 Å². The highest BCUT2D eigenvalue weighted by Crippen LogP contribution is 2.27. The van der Waals surface area contributed by atoms with E-state index in [0.29, 0.717) is 18.8 Å². The predicted octanol–water partition coefficient (Wildman–Crippen LogP) is 3.90. The number of carbonyl (C=O) groups excluding carboxylic acids is 1. The first-order valence-electron chi connectivity index (χ1n) is 8.70. The average Bonchev–Trinajstić information content (AvgIpc) is 3.33. The largest absolute Gasteiger partial charge is 0.352 e. The van der Waals surface area contributed by atoms with Gasteiger partial charge >= 0.3 is 0 Å². The van der Waals surface area contributed by atoms with Crippen molar-refractivity contribution >= 4 is 60.1 Å². The number of amides is 1. The number of rotatable bonds is 2. The van der Waals surface area contributed by atoms with E-state index >= 15 is 0 Å². The van der Waals surface area contributed by atoms with Crippen LogP contribution in [0.2, 0.25) is 0 Å². The minimum atomic E-state index is 0.0466. The number of anilines is 1. The summed E-state index contributed by atoms with van der Waals surface area (Å²) >= 11 is 5.09. The second kappa shape index (κ2) is 6.61. The molecule has 1 aliphatic rings. The van der Waals surface area contributed by atoms with Crippen molar-refractivity contribution in [3.05, 3.63) is 52.2 Å². The van der Waals surface area contributed by atoms with Crippen LogP contribution in [0, 0.1) is 0 Å². The third kappa shape index (κ3) is 2.98. The highest BCUT2D eigenvalue weighted by molar-refractivity contribution is 9.10. The van der Waals surface area contributed by atoms with Crippen LogP contribution in [0.15, 0.2) is 46.5 Å². The number of piperazine rings is 1. The van der Waals surface area contributed by atoms with Crippen molar-refractivity contribution in [1.82, 2.24) is 19.9 Å². The van der Waals surface area contributed by atoms with Gasteiger partial charge in [-0.25, -0.2) is 9.97 Å². The lowest BCUT2D eigenvalue weighted by atomic mass is 10.2. The van der Waals surface area contributed by atoms with Gasteiger partial charge in [-0.05, 0) is 29.6 Å². The topological polar surface area (TPSA) is 65.1 Å². The van der Waals surface area contributed by atoms with Crippen LogP contribution < -0.4 is 4.90 Å². The number of nitrogens with zero attached hydrogens (tertiary/aromatic N) is 4. The van der Waals surface area contributed by atoms with Gasteiger partial charge in [0.25, 0.3) is 5.91 Å². The summed E-state index contributed by atoms with van der Waals surface area (Å²) in [7, 11) is 0. The van der Waals surface area contributed by atoms with Gasteiger partial charge in [0.15, 0.2) is 0 Å². The normalized spacial score (nSPS) is 15.0. The molecule has 136 valence electrons. The molecule has 27 heavy (non-hydrogen) atoms. The van der Waals surface area contributed by atoms with Crippen molar-refractivity contribution in [3.8, 4) is 0 Å². The number of nitrogens with one attached hydrogen (secondary N) is 1. The number of aromatic amines is 1. The van der Waals surface area contributed by atoms with Gasteiger partial charge in [-0.1, -0.05) is 22.0 Å². The SMILES string of the molecule is O=C(c1cc2ccc(Br)cc2[nH]1)N1CCN(c2ncnc3sccc23)CC1. The summed E-state index contributed by atoms with van der Waals surface area (Å²) in [6.45, 7) is 2.88. The molecule has 4 aromatic rings. The van der Waals surface area contributed by atoms with Crippen molar-refractivity contribution in [3.63, 3.8) is 0 Å². The summed E-state index contributed by atoms with van der Waals surface area (Å²) in [5, 5.41) is 4.17. The first kappa shape index (κ1) is 16.7. The molecule has 1 saturated heterocycles. The van der Waals surface area contributed by atoms with Gasteiger partial charge in [0.05, 0.1) is 5.39 Å². The van der Waals surface area contributed by atoms with Gasteiger partial charge in [0.1, 0.15) is 22.7 Å². The van der Waals surface area contributed by atoms with Crippen molar-refractivity contribution < 1.29 is 4.79 Å². The Kier molecular flexibility index (Phi) is 4.09. The number of benzene rings is 1. The summed E-state index contributed by atoms with van der Waals surface area (Å²) < 4.78 is 0.994. The zero-order valence-corrected chi connectivity index (χ0v) is 16.8. The van der Waals surface area contributed by atoms with E-state index in [2.05, 4.69) is 41.8 Å². The van der Waals surface area contributed by atoms with Gasteiger partial charge in [-0.15, -0.1) is 11.3 Å². The lowest BCUT2D eigenvalue weighted by Crippen LogP contribution is -2.49. The van der Waals surface area contributed by atoms with E-state index < -0.39 is 0 Å². The molecule has 0 radical (unpaired) electrons. The van der Waals surface area contributed by atoms with Crippen LogP contribution >= 0.6 is 27.3 Å². The van der Waals surface area contributed by atoms with Gasteiger partial charge in [0, 0.05) is 41.6 Å². The third-order valence-electron chi connectivity index (χ3n) is 4.92. The van der Waals surface area contributed by atoms with Crippen LogP contribution in [-0.2, 0) is 0 Å². The zero-order valence-electron chi connectivity index (χ0n) is 14.4. The minimum absolute atomic E-state index is 0.0466. The second-order valence-electron chi connectivity index (χ2n) is 6.53. The summed E-state index contributed by atoms with van der Waals surface area (Å²) in [4.78, 5) is 30.1. The monoisotopic (exact) mass is 441 g/mol. The molecule has 0 saturated carbocycles. The Morgan fingerprint density at radius 2 is 1.96 bits per heavy atom. The zero-order chi connectivity index (χ0) is 18.4. The molecule has 5 rings (SSSR count). The Balaban J connectivity index is 1.33. The molecule has 0 spiro atoms. The molecule has 1 N–H and O–H groups in total. The third-order valence-corrected chi connectivity index (χ3v) is 6.24. The molecule has 4 heterocycles. The molecule has 8 heteroatoms. The van der Waals surface area contributed by atoms with E-state index in [0.717, 1.165) is 44.5 Å². The molecule has 1 aliphatic heterocycles.